The van der Waals surface area contributed by atoms with Crippen LogP contribution in [0, 0.1) is 13.8 Å². The highest BCUT2D eigenvalue weighted by Crippen LogP contribution is 2.19. The predicted molar refractivity (Wildman–Crippen MR) is 184 cm³/mol. The minimum atomic E-state index is 0.250. The summed E-state index contributed by atoms with van der Waals surface area (Å²) in [5.74, 6) is 0. The Balaban J connectivity index is 0. The van der Waals surface area contributed by atoms with E-state index in [1.165, 1.54) is 59.4 Å². The molecule has 0 saturated carbocycles. The molecule has 0 aliphatic heterocycles. The number of nitrogens with one attached hydrogen (secondary N) is 2. The summed E-state index contributed by atoms with van der Waals surface area (Å²) in [5.41, 5.74) is 14.8. The molecule has 0 saturated heterocycles. The van der Waals surface area contributed by atoms with E-state index >= 15 is 0 Å². The fraction of sp³-hybridized carbons (Fsp3) is 0.444. The molecule has 228 valence electrons. The molecule has 0 bridgehead atoms. The Labute approximate surface area is 252 Å². The molecule has 1 amide bonds. The van der Waals surface area contributed by atoms with Crippen LogP contribution >= 0.6 is 0 Å². The zero-order valence-electron chi connectivity index (χ0n) is 27.2. The van der Waals surface area contributed by atoms with Gasteiger partial charge in [0.2, 0.25) is 6.41 Å². The Morgan fingerprint density at radius 1 is 1.02 bits per heavy atom. The van der Waals surface area contributed by atoms with E-state index in [1.807, 2.05) is 14.0 Å². The standard InChI is InChI=1S/C18H28N2.C13H21N.C4H6.CH3NO/c1-15(2)7-5-8-18-13-17(10-9-16(18)3)14-20-12-6-11-19-4;1-4-10-14(11-5-2)13-9-7-6-8-12(13)3;1-3-4-2;2-1-3/h5,7-10,13,19-20H,6,11-12,14H2,1-4H3;6-9H,4-5,10-11H2,1-3H3;4H,1H2,2H3;1H,(H2,2,3)/b8-5+;;;. The molecular weight excluding hydrogens is 504 g/mol. The highest BCUT2D eigenvalue weighted by Gasteiger charge is 2.05. The molecule has 0 heterocycles. The first-order valence-electron chi connectivity index (χ1n) is 14.8. The summed E-state index contributed by atoms with van der Waals surface area (Å²) in [5, 5.41) is 6.64. The Hall–Kier alpha value is -3.37. The summed E-state index contributed by atoms with van der Waals surface area (Å²) < 4.78 is 0. The number of allylic oxidation sites excluding steroid dienone is 4. The van der Waals surface area contributed by atoms with Gasteiger partial charge in [0.15, 0.2) is 0 Å². The highest BCUT2D eigenvalue weighted by atomic mass is 16.1. The van der Waals surface area contributed by atoms with Crippen LogP contribution in [0.2, 0.25) is 0 Å². The second-order valence-electron chi connectivity index (χ2n) is 9.83. The Morgan fingerprint density at radius 2 is 1.63 bits per heavy atom. The second kappa shape index (κ2) is 28.2. The predicted octanol–water partition coefficient (Wildman–Crippen LogP) is 7.74. The zero-order valence-corrected chi connectivity index (χ0v) is 27.2. The molecule has 0 atom stereocenters. The quantitative estimate of drug-likeness (QED) is 0.101. The topological polar surface area (TPSA) is 70.4 Å². The second-order valence-corrected chi connectivity index (χ2v) is 9.83. The molecule has 2 aromatic rings. The molecule has 0 aliphatic carbocycles. The van der Waals surface area contributed by atoms with Crippen LogP contribution in [0.5, 0.6) is 0 Å². The largest absolute Gasteiger partial charge is 0.372 e. The Morgan fingerprint density at radius 3 is 2.15 bits per heavy atom. The molecule has 2 rings (SSSR count). The van der Waals surface area contributed by atoms with Gasteiger partial charge in [-0.15, -0.1) is 5.73 Å². The van der Waals surface area contributed by atoms with E-state index in [1.54, 1.807) is 6.08 Å². The van der Waals surface area contributed by atoms with Crippen molar-refractivity contribution in [3.8, 4) is 0 Å². The van der Waals surface area contributed by atoms with Crippen LogP contribution in [-0.4, -0.2) is 39.6 Å². The van der Waals surface area contributed by atoms with Gasteiger partial charge in [-0.3, -0.25) is 4.79 Å². The van der Waals surface area contributed by atoms with Gasteiger partial charge in [0.1, 0.15) is 0 Å². The Kier molecular flexibility index (Phi) is 27.3. The van der Waals surface area contributed by atoms with E-state index in [-0.39, 0.29) is 6.41 Å². The fourth-order valence-electron chi connectivity index (χ4n) is 3.76. The number of hydrogen-bond acceptors (Lipinski definition) is 4. The number of nitrogens with zero attached hydrogens (tertiary/aromatic N) is 1. The third kappa shape index (κ3) is 22.1. The van der Waals surface area contributed by atoms with Crippen LogP contribution in [0.3, 0.4) is 0 Å². The summed E-state index contributed by atoms with van der Waals surface area (Å²) in [7, 11) is 1.99. The van der Waals surface area contributed by atoms with E-state index < -0.39 is 0 Å². The van der Waals surface area contributed by atoms with Gasteiger partial charge in [-0.05, 0) is 108 Å². The molecular formula is C36H58N4O. The van der Waals surface area contributed by atoms with Crippen molar-refractivity contribution < 1.29 is 4.79 Å². The lowest BCUT2D eigenvalue weighted by Gasteiger charge is -2.25. The van der Waals surface area contributed by atoms with E-state index in [9.17, 15) is 0 Å². The van der Waals surface area contributed by atoms with Crippen LogP contribution in [0.1, 0.15) is 76.1 Å². The minimum Gasteiger partial charge on any atom is -0.372 e. The molecule has 4 N–H and O–H groups in total. The summed E-state index contributed by atoms with van der Waals surface area (Å²) in [6.07, 6.45) is 12.1. The van der Waals surface area contributed by atoms with Crippen molar-refractivity contribution in [1.82, 2.24) is 10.6 Å². The Bertz CT molecular complexity index is 1030. The van der Waals surface area contributed by atoms with Crippen molar-refractivity contribution in [1.29, 1.82) is 0 Å². The van der Waals surface area contributed by atoms with E-state index in [4.69, 9.17) is 4.79 Å². The molecule has 41 heavy (non-hydrogen) atoms. The number of nitrogens with two attached hydrogens (primary N) is 1. The number of para-hydroxylation sites is 1. The third-order valence-corrected chi connectivity index (χ3v) is 5.81. The number of primary amides is 1. The molecule has 0 aliphatic rings. The zero-order chi connectivity index (χ0) is 31.3. The summed E-state index contributed by atoms with van der Waals surface area (Å²) in [4.78, 5) is 11.1. The van der Waals surface area contributed by atoms with Gasteiger partial charge in [0.25, 0.3) is 0 Å². The maximum atomic E-state index is 8.58. The molecule has 0 radical (unpaired) electrons. The number of benzene rings is 2. The first-order valence-corrected chi connectivity index (χ1v) is 14.8. The van der Waals surface area contributed by atoms with Gasteiger partial charge in [-0.25, -0.2) is 0 Å². The van der Waals surface area contributed by atoms with Gasteiger partial charge in [-0.2, -0.15) is 0 Å². The van der Waals surface area contributed by atoms with Crippen molar-refractivity contribution in [3.63, 3.8) is 0 Å². The number of anilines is 1. The average molecular weight is 563 g/mol. The lowest BCUT2D eigenvalue weighted by Crippen LogP contribution is -2.25. The number of aryl methyl sites for hydroxylation is 2. The van der Waals surface area contributed by atoms with Crippen LogP contribution in [0.25, 0.3) is 6.08 Å². The van der Waals surface area contributed by atoms with Crippen LogP contribution in [-0.2, 0) is 11.3 Å². The highest BCUT2D eigenvalue weighted by molar-refractivity contribution is 5.56. The molecule has 0 spiro atoms. The SMILES string of the molecule is C=C=CC.CCCN(CCC)c1ccccc1C.CNCCCNCc1ccc(C)c(/C=C/C=C(C)C)c1.NC=O. The molecule has 5 nitrogen and oxygen atoms in total. The maximum Gasteiger partial charge on any atom is 0.204 e. The van der Waals surface area contributed by atoms with Gasteiger partial charge in [0, 0.05) is 25.3 Å². The van der Waals surface area contributed by atoms with E-state index in [0.717, 1.165) is 26.1 Å². The van der Waals surface area contributed by atoms with Crippen LogP contribution in [0.15, 0.2) is 78.6 Å². The first-order chi connectivity index (χ1) is 19.7. The van der Waals surface area contributed by atoms with Crippen LogP contribution in [0.4, 0.5) is 5.69 Å². The van der Waals surface area contributed by atoms with Crippen molar-refractivity contribution in [2.45, 2.75) is 74.3 Å². The van der Waals surface area contributed by atoms with Gasteiger partial charge < -0.3 is 21.3 Å². The maximum absolute atomic E-state index is 8.58. The van der Waals surface area contributed by atoms with Crippen molar-refractivity contribution in [2.24, 2.45) is 5.73 Å². The van der Waals surface area contributed by atoms with Gasteiger partial charge in [-0.1, -0.05) is 80.6 Å². The van der Waals surface area contributed by atoms with Crippen molar-refractivity contribution in [3.05, 3.63) is 101 Å². The third-order valence-electron chi connectivity index (χ3n) is 5.81. The van der Waals surface area contributed by atoms with E-state index in [2.05, 4.69) is 136 Å². The number of amides is 1. The fourth-order valence-corrected chi connectivity index (χ4v) is 3.76. The summed E-state index contributed by atoms with van der Waals surface area (Å²) in [6, 6.07) is 15.3. The van der Waals surface area contributed by atoms with Crippen molar-refractivity contribution in [2.75, 3.05) is 38.1 Å². The monoisotopic (exact) mass is 562 g/mol. The molecule has 2 aromatic carbocycles. The summed E-state index contributed by atoms with van der Waals surface area (Å²) >= 11 is 0. The molecule has 0 aromatic heterocycles. The smallest absolute Gasteiger partial charge is 0.204 e. The van der Waals surface area contributed by atoms with Crippen molar-refractivity contribution >= 4 is 18.2 Å². The van der Waals surface area contributed by atoms with Crippen LogP contribution < -0.4 is 21.3 Å². The lowest BCUT2D eigenvalue weighted by atomic mass is 10.0. The average Bonchev–Trinajstić information content (AvgIpc) is 2.95. The molecule has 5 heteroatoms. The number of rotatable bonds is 13. The van der Waals surface area contributed by atoms with E-state index in [0.29, 0.717) is 0 Å². The normalized spacial score (nSPS) is 9.56. The molecule has 0 fully saturated rings. The van der Waals surface area contributed by atoms with Gasteiger partial charge in [0.05, 0.1) is 0 Å². The number of carbonyl (C=O) groups is 1. The first kappa shape index (κ1) is 39.8. The lowest BCUT2D eigenvalue weighted by molar-refractivity contribution is -0.106. The number of hydrogen-bond donors (Lipinski definition) is 3. The minimum absolute atomic E-state index is 0.250. The van der Waals surface area contributed by atoms with Gasteiger partial charge >= 0.3 is 0 Å². The number of carbonyl (C=O) groups excluding carboxylic acids is 1. The molecule has 0 unspecified atom stereocenters. The summed E-state index contributed by atoms with van der Waals surface area (Å²) in [6.45, 7) is 23.6.